The molecule has 1 fully saturated rings. The largest absolute Gasteiger partial charge is 0.352 e. The average Bonchev–Trinajstić information content (AvgIpc) is 2.29. The highest BCUT2D eigenvalue weighted by Crippen LogP contribution is 2.24. The van der Waals surface area contributed by atoms with Gasteiger partial charge in [0.1, 0.15) is 16.2 Å². The fourth-order valence-electron chi connectivity index (χ4n) is 2.00. The highest BCUT2D eigenvalue weighted by molar-refractivity contribution is 9.10. The lowest BCUT2D eigenvalue weighted by Gasteiger charge is -2.34. The summed E-state index contributed by atoms with van der Waals surface area (Å²) in [5, 5.41) is 0. The maximum atomic E-state index is 4.67. The van der Waals surface area contributed by atoms with Crippen molar-refractivity contribution in [2.45, 2.75) is 32.7 Å². The summed E-state index contributed by atoms with van der Waals surface area (Å²) in [5.41, 5.74) is 0. The molecule has 0 aliphatic carbocycles. The van der Waals surface area contributed by atoms with E-state index in [2.05, 4.69) is 44.6 Å². The molecule has 94 valence electrons. The molecule has 1 saturated heterocycles. The molecule has 0 bridgehead atoms. The zero-order chi connectivity index (χ0) is 12.3. The number of anilines is 1. The number of thioether (sulfide) groups is 1. The fraction of sp³-hybridized carbons (Fsp3) is 0.667. The van der Waals surface area contributed by atoms with Crippen molar-refractivity contribution in [2.24, 2.45) is 0 Å². The van der Waals surface area contributed by atoms with Crippen molar-refractivity contribution in [3.8, 4) is 0 Å². The van der Waals surface area contributed by atoms with Crippen molar-refractivity contribution in [1.82, 2.24) is 9.97 Å². The van der Waals surface area contributed by atoms with Crippen LogP contribution in [0.2, 0.25) is 0 Å². The molecule has 5 heteroatoms. The first-order valence-corrected chi connectivity index (χ1v) is 8.03. The number of rotatable bonds is 3. The normalized spacial score (nSPS) is 20.6. The molecule has 0 N–H and O–H groups in total. The number of halogens is 1. The molecule has 17 heavy (non-hydrogen) atoms. The number of hydrogen-bond acceptors (Lipinski definition) is 4. The summed E-state index contributed by atoms with van der Waals surface area (Å²) in [6, 6.07) is 2.59. The minimum atomic E-state index is 0.560. The Bertz CT molecular complexity index is 386. The van der Waals surface area contributed by atoms with Crippen LogP contribution in [0.1, 0.15) is 26.1 Å². The first-order chi connectivity index (χ1) is 8.20. The van der Waals surface area contributed by atoms with Crippen molar-refractivity contribution in [1.29, 1.82) is 0 Å². The molecule has 1 aliphatic heterocycles. The van der Waals surface area contributed by atoms with Gasteiger partial charge in [-0.1, -0.05) is 6.92 Å². The Morgan fingerprint density at radius 3 is 3.06 bits per heavy atom. The van der Waals surface area contributed by atoms with Crippen molar-refractivity contribution in [3.05, 3.63) is 16.5 Å². The molecule has 1 unspecified atom stereocenters. The van der Waals surface area contributed by atoms with E-state index in [1.165, 1.54) is 11.5 Å². The highest BCUT2D eigenvalue weighted by atomic mass is 79.9. The van der Waals surface area contributed by atoms with E-state index in [0.717, 1.165) is 35.6 Å². The predicted molar refractivity (Wildman–Crippen MR) is 77.9 cm³/mol. The van der Waals surface area contributed by atoms with Crippen molar-refractivity contribution in [3.63, 3.8) is 0 Å². The average molecular weight is 316 g/mol. The van der Waals surface area contributed by atoms with E-state index >= 15 is 0 Å². The lowest BCUT2D eigenvalue weighted by Crippen LogP contribution is -2.41. The van der Waals surface area contributed by atoms with Crippen LogP contribution in [-0.2, 0) is 6.42 Å². The van der Waals surface area contributed by atoms with Crippen LogP contribution in [-0.4, -0.2) is 34.1 Å². The minimum absolute atomic E-state index is 0.560. The van der Waals surface area contributed by atoms with Gasteiger partial charge in [-0.2, -0.15) is 11.8 Å². The highest BCUT2D eigenvalue weighted by Gasteiger charge is 2.20. The maximum absolute atomic E-state index is 4.67. The molecule has 0 saturated carbocycles. The summed E-state index contributed by atoms with van der Waals surface area (Å²) in [4.78, 5) is 11.5. The van der Waals surface area contributed by atoms with Gasteiger partial charge < -0.3 is 4.90 Å². The number of aromatic nitrogens is 2. The van der Waals surface area contributed by atoms with Crippen LogP contribution >= 0.6 is 27.7 Å². The van der Waals surface area contributed by atoms with E-state index in [4.69, 9.17) is 0 Å². The van der Waals surface area contributed by atoms with Gasteiger partial charge in [-0.15, -0.1) is 0 Å². The second-order valence-electron chi connectivity index (χ2n) is 4.33. The van der Waals surface area contributed by atoms with Gasteiger partial charge in [-0.05, 0) is 29.3 Å². The number of hydrogen-bond donors (Lipinski definition) is 0. The zero-order valence-electron chi connectivity index (χ0n) is 10.3. The van der Waals surface area contributed by atoms with Crippen molar-refractivity contribution < 1.29 is 0 Å². The van der Waals surface area contributed by atoms with E-state index in [0.29, 0.717) is 6.04 Å². The second-order valence-corrected chi connectivity index (χ2v) is 6.29. The Balaban J connectivity index is 2.24. The second kappa shape index (κ2) is 6.05. The van der Waals surface area contributed by atoms with E-state index in [1.54, 1.807) is 0 Å². The van der Waals surface area contributed by atoms with Gasteiger partial charge >= 0.3 is 0 Å². The van der Waals surface area contributed by atoms with Crippen LogP contribution in [0.25, 0.3) is 0 Å². The Morgan fingerprint density at radius 2 is 2.35 bits per heavy atom. The molecule has 1 atom stereocenters. The Morgan fingerprint density at radius 1 is 1.53 bits per heavy atom. The van der Waals surface area contributed by atoms with Gasteiger partial charge in [-0.3, -0.25) is 0 Å². The maximum Gasteiger partial charge on any atom is 0.133 e. The third-order valence-electron chi connectivity index (χ3n) is 2.86. The van der Waals surface area contributed by atoms with Gasteiger partial charge in [0.05, 0.1) is 0 Å². The van der Waals surface area contributed by atoms with E-state index in [9.17, 15) is 0 Å². The Labute approximate surface area is 116 Å². The third kappa shape index (κ3) is 3.35. The summed E-state index contributed by atoms with van der Waals surface area (Å²) in [7, 11) is 0. The molecule has 0 radical (unpaired) electrons. The summed E-state index contributed by atoms with van der Waals surface area (Å²) in [5.74, 6) is 4.39. The Kier molecular flexibility index (Phi) is 4.68. The monoisotopic (exact) mass is 315 g/mol. The molecule has 1 aliphatic rings. The minimum Gasteiger partial charge on any atom is -0.352 e. The van der Waals surface area contributed by atoms with Crippen LogP contribution in [0.3, 0.4) is 0 Å². The van der Waals surface area contributed by atoms with Crippen LogP contribution in [0.15, 0.2) is 10.7 Å². The molecule has 2 rings (SSSR count). The lowest BCUT2D eigenvalue weighted by atomic mass is 10.3. The van der Waals surface area contributed by atoms with Crippen LogP contribution in [0, 0.1) is 0 Å². The van der Waals surface area contributed by atoms with Gasteiger partial charge in [0, 0.05) is 36.6 Å². The summed E-state index contributed by atoms with van der Waals surface area (Å²) in [6.45, 7) is 5.51. The van der Waals surface area contributed by atoms with Gasteiger partial charge in [0.15, 0.2) is 0 Å². The molecular formula is C12H18BrN3S. The van der Waals surface area contributed by atoms with Crippen molar-refractivity contribution >= 4 is 33.5 Å². The van der Waals surface area contributed by atoms with Crippen LogP contribution < -0.4 is 4.90 Å². The molecule has 2 heterocycles. The number of nitrogens with zero attached hydrogens (tertiary/aromatic N) is 3. The first kappa shape index (κ1) is 13.1. The zero-order valence-corrected chi connectivity index (χ0v) is 12.7. The molecular weight excluding hydrogens is 298 g/mol. The van der Waals surface area contributed by atoms with Gasteiger partial charge in [0.2, 0.25) is 0 Å². The van der Waals surface area contributed by atoms with Gasteiger partial charge in [-0.25, -0.2) is 9.97 Å². The summed E-state index contributed by atoms with van der Waals surface area (Å²) < 4.78 is 0.899. The van der Waals surface area contributed by atoms with E-state index in [1.807, 2.05) is 17.8 Å². The molecule has 3 nitrogen and oxygen atoms in total. The summed E-state index contributed by atoms with van der Waals surface area (Å²) >= 11 is 5.51. The molecule has 1 aromatic rings. The molecule has 0 amide bonds. The molecule has 0 spiro atoms. The topological polar surface area (TPSA) is 29.0 Å². The quantitative estimate of drug-likeness (QED) is 0.801. The van der Waals surface area contributed by atoms with E-state index < -0.39 is 0 Å². The standard InChI is InChI=1S/C12H18BrN3S/c1-3-4-11-14-10(13)7-12(15-11)16-5-6-17-8-9(16)2/h7,9H,3-6,8H2,1-2H3. The summed E-state index contributed by atoms with van der Waals surface area (Å²) in [6.07, 6.45) is 2.03. The SMILES string of the molecule is CCCc1nc(Br)cc(N2CCSCC2C)n1. The smallest absolute Gasteiger partial charge is 0.133 e. The lowest BCUT2D eigenvalue weighted by molar-refractivity contribution is 0.681. The van der Waals surface area contributed by atoms with Crippen LogP contribution in [0.5, 0.6) is 0 Å². The Hall–Kier alpha value is -0.290. The molecule has 0 aromatic carbocycles. The predicted octanol–water partition coefficient (Wildman–Crippen LogP) is 3.13. The number of aryl methyl sites for hydroxylation is 1. The van der Waals surface area contributed by atoms with E-state index in [-0.39, 0.29) is 0 Å². The first-order valence-electron chi connectivity index (χ1n) is 6.08. The van der Waals surface area contributed by atoms with Gasteiger partial charge in [0.25, 0.3) is 0 Å². The third-order valence-corrected chi connectivity index (χ3v) is 4.46. The molecule has 1 aromatic heterocycles. The van der Waals surface area contributed by atoms with Crippen LogP contribution in [0.4, 0.5) is 5.82 Å². The fourth-order valence-corrected chi connectivity index (χ4v) is 3.42. The van der Waals surface area contributed by atoms with Crippen molar-refractivity contribution in [2.75, 3.05) is 23.0 Å².